The summed E-state index contributed by atoms with van der Waals surface area (Å²) < 4.78 is 10.5. The Morgan fingerprint density at radius 3 is 2.06 bits per heavy atom. The second-order valence-corrected chi connectivity index (χ2v) is 15.0. The number of nitrogens with zero attached hydrogens (tertiary/aromatic N) is 1. The monoisotopic (exact) mass is 750 g/mol. The lowest BCUT2D eigenvalue weighted by atomic mass is 9.72. The van der Waals surface area contributed by atoms with Gasteiger partial charge in [-0.1, -0.05) is 100 Å². The van der Waals surface area contributed by atoms with Gasteiger partial charge >= 0.3 is 7.12 Å². The van der Waals surface area contributed by atoms with Gasteiger partial charge in [0.15, 0.2) is 5.78 Å². The second kappa shape index (κ2) is 24.7. The number of likely N-dealkylation sites (tertiary alicyclic amines) is 1. The summed E-state index contributed by atoms with van der Waals surface area (Å²) in [4.78, 5) is 56.9. The Bertz CT molecular complexity index is 1400. The molecule has 1 aliphatic rings. The average Bonchev–Trinajstić information content (AvgIpc) is 3.66. The van der Waals surface area contributed by atoms with Crippen molar-refractivity contribution >= 4 is 30.6 Å². The summed E-state index contributed by atoms with van der Waals surface area (Å²) in [6.07, 6.45) is 6.18. The molecule has 5 atom stereocenters. The van der Waals surface area contributed by atoms with Crippen molar-refractivity contribution in [3.63, 3.8) is 0 Å². The minimum Gasteiger partial charge on any atom is -0.427 e. The first-order chi connectivity index (χ1) is 26.0. The normalized spacial score (nSPS) is 16.4. The molecule has 3 rings (SSSR count). The SMILES string of the molecule is COCCOCCCCCCC[C@@H](NC(=O)[C@H](CC(=O)[C@@H](Cc1ccccc1)NC(=O)[C@H](N)Cc1ccccc1)CC(C)C)C(=O)N1CCC(B(O)O)C1. The van der Waals surface area contributed by atoms with E-state index in [1.54, 1.807) is 12.0 Å². The number of nitrogens with two attached hydrogens (primary N) is 1. The Morgan fingerprint density at radius 2 is 1.44 bits per heavy atom. The molecule has 12 nitrogen and oxygen atoms in total. The lowest BCUT2D eigenvalue weighted by Gasteiger charge is -2.28. The highest BCUT2D eigenvalue weighted by atomic mass is 16.5. The molecule has 298 valence electrons. The van der Waals surface area contributed by atoms with Crippen LogP contribution >= 0.6 is 0 Å². The summed E-state index contributed by atoms with van der Waals surface area (Å²) in [5, 5.41) is 25.4. The first-order valence-electron chi connectivity index (χ1n) is 19.7. The zero-order valence-electron chi connectivity index (χ0n) is 32.5. The lowest BCUT2D eigenvalue weighted by molar-refractivity contribution is -0.138. The smallest absolute Gasteiger partial charge is 0.427 e. The third kappa shape index (κ3) is 16.4. The van der Waals surface area contributed by atoms with Crippen LogP contribution in [0.1, 0.15) is 82.8 Å². The Hall–Kier alpha value is -3.62. The van der Waals surface area contributed by atoms with E-state index in [9.17, 15) is 29.2 Å². The summed E-state index contributed by atoms with van der Waals surface area (Å²) >= 11 is 0. The maximum absolute atomic E-state index is 14.1. The van der Waals surface area contributed by atoms with Crippen molar-refractivity contribution in [2.24, 2.45) is 17.6 Å². The number of rotatable bonds is 26. The molecule has 3 amide bonds. The van der Waals surface area contributed by atoms with Crippen LogP contribution in [0.5, 0.6) is 0 Å². The summed E-state index contributed by atoms with van der Waals surface area (Å²) in [7, 11) is 0.120. The molecule has 1 heterocycles. The second-order valence-electron chi connectivity index (χ2n) is 15.0. The van der Waals surface area contributed by atoms with Gasteiger partial charge in [0.2, 0.25) is 17.7 Å². The van der Waals surface area contributed by atoms with Crippen LogP contribution in [0.15, 0.2) is 60.7 Å². The standard InChI is InChI=1S/C41H63BN4O8/c1-30(2)25-33(28-38(47)37(27-32-17-11-8-12-18-32)45-40(49)35(43)26-31-15-9-7-10-16-31)39(48)44-36(41(50)46-21-20-34(29-46)42(51)52)19-13-5-4-6-14-22-54-24-23-53-3/h7-12,15-18,30,33-37,51-52H,4-6,13-14,19-29,43H2,1-3H3,(H,44,48)(H,45,49)/t33-,34?,35+,36+,37+/m0/s1. The van der Waals surface area contributed by atoms with Gasteiger partial charge in [0.1, 0.15) is 6.04 Å². The van der Waals surface area contributed by atoms with Crippen molar-refractivity contribution < 1.29 is 38.7 Å². The summed E-state index contributed by atoms with van der Waals surface area (Å²) in [5.41, 5.74) is 8.07. The number of ether oxygens (including phenoxy) is 2. The summed E-state index contributed by atoms with van der Waals surface area (Å²) in [6.45, 7) is 6.33. The molecule has 0 radical (unpaired) electrons. The molecular formula is C41H63BN4O8. The number of nitrogens with one attached hydrogen (secondary N) is 2. The van der Waals surface area contributed by atoms with E-state index in [1.807, 2.05) is 74.5 Å². The number of Topliss-reactive ketones (excluding diaryl/α,β-unsaturated/α-hetero) is 1. The largest absolute Gasteiger partial charge is 0.456 e. The minimum atomic E-state index is -1.52. The predicted octanol–water partition coefficient (Wildman–Crippen LogP) is 3.47. The number of methoxy groups -OCH3 is 1. The molecule has 0 spiro atoms. The molecule has 0 aromatic heterocycles. The fourth-order valence-electron chi connectivity index (χ4n) is 6.90. The molecule has 13 heteroatoms. The van der Waals surface area contributed by atoms with Gasteiger partial charge < -0.3 is 40.8 Å². The summed E-state index contributed by atoms with van der Waals surface area (Å²) in [5.74, 6) is -2.47. The van der Waals surface area contributed by atoms with E-state index in [2.05, 4.69) is 10.6 Å². The Kier molecular flexibility index (Phi) is 20.5. The van der Waals surface area contributed by atoms with E-state index >= 15 is 0 Å². The van der Waals surface area contributed by atoms with E-state index in [4.69, 9.17) is 15.2 Å². The number of amides is 3. The van der Waals surface area contributed by atoms with Crippen molar-refractivity contribution in [3.05, 3.63) is 71.8 Å². The van der Waals surface area contributed by atoms with E-state index in [0.29, 0.717) is 58.5 Å². The number of carbonyl (C=O) groups excluding carboxylic acids is 4. The maximum atomic E-state index is 14.1. The van der Waals surface area contributed by atoms with E-state index < -0.39 is 42.9 Å². The molecule has 6 N–H and O–H groups in total. The zero-order valence-corrected chi connectivity index (χ0v) is 32.5. The van der Waals surface area contributed by atoms with Crippen LogP contribution in [0.3, 0.4) is 0 Å². The summed E-state index contributed by atoms with van der Waals surface area (Å²) in [6, 6.07) is 16.3. The molecule has 0 aliphatic carbocycles. The van der Waals surface area contributed by atoms with Gasteiger partial charge in [0, 0.05) is 45.0 Å². The quantitative estimate of drug-likeness (QED) is 0.0711. The van der Waals surface area contributed by atoms with Crippen LogP contribution < -0.4 is 16.4 Å². The number of unbranched alkanes of at least 4 members (excludes halogenated alkanes) is 4. The molecule has 54 heavy (non-hydrogen) atoms. The Labute approximate surface area is 322 Å². The molecule has 1 saturated heterocycles. The first kappa shape index (κ1) is 44.8. The van der Waals surface area contributed by atoms with Gasteiger partial charge in [-0.05, 0) is 55.6 Å². The topological polar surface area (TPSA) is 181 Å². The number of benzene rings is 2. The predicted molar refractivity (Wildman–Crippen MR) is 210 cm³/mol. The van der Waals surface area contributed by atoms with Crippen LogP contribution in [0.2, 0.25) is 5.82 Å². The molecule has 1 aliphatic heterocycles. The highest BCUT2D eigenvalue weighted by molar-refractivity contribution is 6.43. The average molecular weight is 751 g/mol. The van der Waals surface area contributed by atoms with Gasteiger partial charge in [-0.15, -0.1) is 0 Å². The van der Waals surface area contributed by atoms with Crippen LogP contribution in [0.25, 0.3) is 0 Å². The molecule has 0 saturated carbocycles. The Morgan fingerprint density at radius 1 is 0.833 bits per heavy atom. The number of hydrogen-bond donors (Lipinski definition) is 5. The number of carbonyl (C=O) groups is 4. The molecule has 1 fully saturated rings. The van der Waals surface area contributed by atoms with Crippen LogP contribution in [-0.4, -0.2) is 104 Å². The highest BCUT2D eigenvalue weighted by Gasteiger charge is 2.37. The van der Waals surface area contributed by atoms with Crippen molar-refractivity contribution in [3.8, 4) is 0 Å². The highest BCUT2D eigenvalue weighted by Crippen LogP contribution is 2.25. The lowest BCUT2D eigenvalue weighted by Crippen LogP contribution is -2.52. The van der Waals surface area contributed by atoms with Crippen LogP contribution in [-0.2, 0) is 41.5 Å². The van der Waals surface area contributed by atoms with Crippen molar-refractivity contribution in [2.75, 3.05) is 40.0 Å². The van der Waals surface area contributed by atoms with Crippen LogP contribution in [0, 0.1) is 11.8 Å². The van der Waals surface area contributed by atoms with Gasteiger partial charge in [0.05, 0.1) is 25.3 Å². The van der Waals surface area contributed by atoms with E-state index in [0.717, 1.165) is 36.8 Å². The number of hydrogen-bond acceptors (Lipinski definition) is 9. The zero-order chi connectivity index (χ0) is 39.3. The Balaban J connectivity index is 1.71. The van der Waals surface area contributed by atoms with Crippen molar-refractivity contribution in [1.82, 2.24) is 15.5 Å². The first-order valence-corrected chi connectivity index (χ1v) is 19.7. The molecule has 0 bridgehead atoms. The van der Waals surface area contributed by atoms with E-state index in [-0.39, 0.29) is 42.9 Å². The van der Waals surface area contributed by atoms with Gasteiger partial charge in [0.25, 0.3) is 0 Å². The van der Waals surface area contributed by atoms with E-state index in [1.165, 1.54) is 0 Å². The minimum absolute atomic E-state index is 0.0769. The van der Waals surface area contributed by atoms with Gasteiger partial charge in [-0.2, -0.15) is 0 Å². The van der Waals surface area contributed by atoms with Crippen LogP contribution in [0.4, 0.5) is 0 Å². The molecule has 2 aromatic rings. The van der Waals surface area contributed by atoms with Crippen molar-refractivity contribution in [1.29, 1.82) is 0 Å². The maximum Gasteiger partial charge on any atom is 0.456 e. The van der Waals surface area contributed by atoms with Gasteiger partial charge in [-0.25, -0.2) is 0 Å². The third-order valence-electron chi connectivity index (χ3n) is 9.98. The third-order valence-corrected chi connectivity index (χ3v) is 9.98. The fraction of sp³-hybridized carbons (Fsp3) is 0.610. The van der Waals surface area contributed by atoms with Crippen molar-refractivity contribution in [2.45, 2.75) is 108 Å². The number of ketones is 1. The van der Waals surface area contributed by atoms with Gasteiger partial charge in [-0.3, -0.25) is 19.2 Å². The molecular weight excluding hydrogens is 687 g/mol. The fourth-order valence-corrected chi connectivity index (χ4v) is 6.90. The molecule has 1 unspecified atom stereocenters. The molecule has 2 aromatic carbocycles.